The van der Waals surface area contributed by atoms with Gasteiger partial charge in [-0.05, 0) is 50.6 Å². The summed E-state index contributed by atoms with van der Waals surface area (Å²) in [7, 11) is 3.72. The molecule has 0 bridgehead atoms. The van der Waals surface area contributed by atoms with E-state index in [0.29, 0.717) is 18.2 Å². The van der Waals surface area contributed by atoms with Gasteiger partial charge in [-0.25, -0.2) is 4.79 Å². The number of nitrogens with one attached hydrogen (secondary N) is 1. The number of halogens is 3. The number of nitrogens with zero attached hydrogens (tertiary/aromatic N) is 2. The summed E-state index contributed by atoms with van der Waals surface area (Å²) < 4.78 is 38.3. The minimum absolute atomic E-state index is 0.137. The molecule has 0 unspecified atom stereocenters. The van der Waals surface area contributed by atoms with Gasteiger partial charge in [0.1, 0.15) is 0 Å². The summed E-state index contributed by atoms with van der Waals surface area (Å²) >= 11 is 0. The maximum Gasteiger partial charge on any atom is 0.416 e. The van der Waals surface area contributed by atoms with Gasteiger partial charge in [0, 0.05) is 26.2 Å². The Balaban J connectivity index is 1.71. The zero-order valence-electron chi connectivity index (χ0n) is 16.2. The topological polar surface area (TPSA) is 35.6 Å². The molecule has 2 rings (SSSR count). The fourth-order valence-electron chi connectivity index (χ4n) is 3.55. The van der Waals surface area contributed by atoms with Crippen LogP contribution >= 0.6 is 0 Å². The molecule has 0 aromatic heterocycles. The van der Waals surface area contributed by atoms with Crippen LogP contribution in [-0.2, 0) is 12.7 Å². The maximum absolute atomic E-state index is 12.8. The second kappa shape index (κ2) is 9.97. The summed E-state index contributed by atoms with van der Waals surface area (Å²) in [5.41, 5.74) is -0.237. The molecule has 152 valence electrons. The van der Waals surface area contributed by atoms with E-state index in [4.69, 9.17) is 0 Å². The van der Waals surface area contributed by atoms with E-state index in [1.165, 1.54) is 43.1 Å². The highest BCUT2D eigenvalue weighted by Crippen LogP contribution is 2.29. The van der Waals surface area contributed by atoms with Gasteiger partial charge >= 0.3 is 12.2 Å². The van der Waals surface area contributed by atoms with E-state index in [-0.39, 0.29) is 12.6 Å². The van der Waals surface area contributed by atoms with Crippen LogP contribution in [0.2, 0.25) is 0 Å². The van der Waals surface area contributed by atoms with Gasteiger partial charge in [0.2, 0.25) is 0 Å². The molecule has 0 atom stereocenters. The highest BCUT2D eigenvalue weighted by atomic mass is 19.4. The average molecular weight is 385 g/mol. The molecule has 0 aliphatic heterocycles. The van der Waals surface area contributed by atoms with Crippen LogP contribution in [0.3, 0.4) is 0 Å². The van der Waals surface area contributed by atoms with Crippen molar-refractivity contribution in [1.29, 1.82) is 0 Å². The number of carbonyl (C=O) groups is 1. The van der Waals surface area contributed by atoms with Crippen LogP contribution in [0, 0.1) is 0 Å². The lowest BCUT2D eigenvalue weighted by Crippen LogP contribution is -2.39. The number of rotatable bonds is 7. The van der Waals surface area contributed by atoms with E-state index in [2.05, 4.69) is 17.3 Å². The SMILES string of the molecule is CN(Cc1cccc(C(F)(F)F)c1)C(=O)NCCCN(C)C1CCCCC1. The van der Waals surface area contributed by atoms with Crippen LogP contribution in [0.1, 0.15) is 49.7 Å². The zero-order valence-corrected chi connectivity index (χ0v) is 16.2. The molecule has 1 saturated carbocycles. The number of hydrogen-bond donors (Lipinski definition) is 1. The Labute approximate surface area is 159 Å². The summed E-state index contributed by atoms with van der Waals surface area (Å²) in [6.45, 7) is 1.63. The molecule has 1 fully saturated rings. The Hall–Kier alpha value is -1.76. The van der Waals surface area contributed by atoms with Crippen molar-refractivity contribution in [3.8, 4) is 0 Å². The van der Waals surface area contributed by atoms with Crippen molar-refractivity contribution in [3.63, 3.8) is 0 Å². The molecule has 1 aliphatic rings. The first-order chi connectivity index (χ1) is 12.8. The van der Waals surface area contributed by atoms with Crippen molar-refractivity contribution in [1.82, 2.24) is 15.1 Å². The molecular weight excluding hydrogens is 355 g/mol. The summed E-state index contributed by atoms with van der Waals surface area (Å²) in [6, 6.07) is 5.46. The van der Waals surface area contributed by atoms with Gasteiger partial charge in [-0.2, -0.15) is 13.2 Å². The number of benzene rings is 1. The van der Waals surface area contributed by atoms with Gasteiger partial charge in [-0.3, -0.25) is 0 Å². The van der Waals surface area contributed by atoms with Crippen LogP contribution in [0.4, 0.5) is 18.0 Å². The lowest BCUT2D eigenvalue weighted by molar-refractivity contribution is -0.137. The minimum Gasteiger partial charge on any atom is -0.338 e. The molecule has 1 aromatic carbocycles. The Morgan fingerprint density at radius 3 is 2.56 bits per heavy atom. The molecule has 7 heteroatoms. The maximum atomic E-state index is 12.8. The van der Waals surface area contributed by atoms with Crippen molar-refractivity contribution in [3.05, 3.63) is 35.4 Å². The second-order valence-electron chi connectivity index (χ2n) is 7.41. The van der Waals surface area contributed by atoms with Crippen LogP contribution < -0.4 is 5.32 Å². The van der Waals surface area contributed by atoms with Gasteiger partial charge in [-0.1, -0.05) is 31.4 Å². The third-order valence-electron chi connectivity index (χ3n) is 5.18. The largest absolute Gasteiger partial charge is 0.416 e. The summed E-state index contributed by atoms with van der Waals surface area (Å²) in [5, 5.41) is 2.84. The minimum atomic E-state index is -4.37. The number of hydrogen-bond acceptors (Lipinski definition) is 2. The summed E-state index contributed by atoms with van der Waals surface area (Å²) in [6.07, 6.45) is 2.92. The third-order valence-corrected chi connectivity index (χ3v) is 5.18. The van der Waals surface area contributed by atoms with Gasteiger partial charge < -0.3 is 15.1 Å². The number of amides is 2. The molecule has 4 nitrogen and oxygen atoms in total. The normalized spacial score (nSPS) is 15.8. The quantitative estimate of drug-likeness (QED) is 0.702. The molecule has 1 aliphatic carbocycles. The van der Waals surface area contributed by atoms with Crippen LogP contribution in [0.25, 0.3) is 0 Å². The van der Waals surface area contributed by atoms with Crippen LogP contribution in [0.5, 0.6) is 0 Å². The van der Waals surface area contributed by atoms with Gasteiger partial charge in [-0.15, -0.1) is 0 Å². The average Bonchev–Trinajstić information content (AvgIpc) is 2.65. The Morgan fingerprint density at radius 1 is 1.19 bits per heavy atom. The molecule has 27 heavy (non-hydrogen) atoms. The van der Waals surface area contributed by atoms with E-state index < -0.39 is 11.7 Å². The lowest BCUT2D eigenvalue weighted by Gasteiger charge is -2.31. The predicted molar refractivity (Wildman–Crippen MR) is 100 cm³/mol. The van der Waals surface area contributed by atoms with Crippen molar-refractivity contribution in [2.45, 2.75) is 57.3 Å². The first-order valence-corrected chi connectivity index (χ1v) is 9.62. The monoisotopic (exact) mass is 385 g/mol. The number of alkyl halides is 3. The molecule has 0 radical (unpaired) electrons. The molecule has 2 amide bonds. The van der Waals surface area contributed by atoms with Crippen molar-refractivity contribution >= 4 is 6.03 Å². The Morgan fingerprint density at radius 2 is 1.89 bits per heavy atom. The molecule has 0 spiro atoms. The smallest absolute Gasteiger partial charge is 0.338 e. The van der Waals surface area contributed by atoms with E-state index in [1.807, 2.05) is 0 Å². The molecule has 1 N–H and O–H groups in total. The number of urea groups is 1. The predicted octanol–water partition coefficient (Wildman–Crippen LogP) is 4.50. The third kappa shape index (κ3) is 7.05. The summed E-state index contributed by atoms with van der Waals surface area (Å²) in [4.78, 5) is 15.9. The first-order valence-electron chi connectivity index (χ1n) is 9.62. The van der Waals surface area contributed by atoms with Crippen molar-refractivity contribution < 1.29 is 18.0 Å². The van der Waals surface area contributed by atoms with Crippen LogP contribution in [-0.4, -0.2) is 49.1 Å². The second-order valence-corrected chi connectivity index (χ2v) is 7.41. The first kappa shape index (κ1) is 21.5. The van der Waals surface area contributed by atoms with E-state index in [9.17, 15) is 18.0 Å². The van der Waals surface area contributed by atoms with Crippen molar-refractivity contribution in [2.24, 2.45) is 0 Å². The molecule has 0 heterocycles. The van der Waals surface area contributed by atoms with Gasteiger partial charge in [0.25, 0.3) is 0 Å². The van der Waals surface area contributed by atoms with E-state index >= 15 is 0 Å². The van der Waals surface area contributed by atoms with Gasteiger partial charge in [0.15, 0.2) is 0 Å². The van der Waals surface area contributed by atoms with Crippen molar-refractivity contribution in [2.75, 3.05) is 27.2 Å². The van der Waals surface area contributed by atoms with E-state index in [1.54, 1.807) is 13.1 Å². The zero-order chi connectivity index (χ0) is 19.9. The fraction of sp³-hybridized carbons (Fsp3) is 0.650. The molecular formula is C20H30F3N3O. The standard InChI is InChI=1S/C20H30F3N3O/c1-25(18-10-4-3-5-11-18)13-7-12-24-19(27)26(2)15-16-8-6-9-17(14-16)20(21,22)23/h6,8-9,14,18H,3-5,7,10-13,15H2,1-2H3,(H,24,27). The fourth-order valence-corrected chi connectivity index (χ4v) is 3.55. The summed E-state index contributed by atoms with van der Waals surface area (Å²) in [5.74, 6) is 0. The molecule has 1 aromatic rings. The highest BCUT2D eigenvalue weighted by molar-refractivity contribution is 5.73. The number of carbonyl (C=O) groups excluding carboxylic acids is 1. The molecule has 0 saturated heterocycles. The Kier molecular flexibility index (Phi) is 7.95. The van der Waals surface area contributed by atoms with Gasteiger partial charge in [0.05, 0.1) is 5.56 Å². The van der Waals surface area contributed by atoms with Crippen LogP contribution in [0.15, 0.2) is 24.3 Å². The highest BCUT2D eigenvalue weighted by Gasteiger charge is 2.30. The lowest BCUT2D eigenvalue weighted by atomic mass is 9.94. The van der Waals surface area contributed by atoms with E-state index in [0.717, 1.165) is 25.1 Å². The Bertz CT molecular complexity index is 600.